The van der Waals surface area contributed by atoms with E-state index in [1.54, 1.807) is 22.7 Å². The van der Waals surface area contributed by atoms with E-state index >= 15 is 0 Å². The number of piperidine rings is 1. The summed E-state index contributed by atoms with van der Waals surface area (Å²) in [5, 5.41) is 42.3. The number of nitrogens with zero attached hydrogens (tertiary/aromatic N) is 7. The Morgan fingerprint density at radius 3 is 2.31 bits per heavy atom. The number of ether oxygens (including phenoxy) is 1. The number of aliphatic hydroxyl groups excluding tert-OH is 2. The van der Waals surface area contributed by atoms with E-state index in [-0.39, 0.29) is 61.4 Å². The number of likely N-dealkylation sites (tertiary alicyclic amines) is 2. The van der Waals surface area contributed by atoms with Crippen LogP contribution in [0.15, 0.2) is 59.0 Å². The Balaban J connectivity index is 0.735. The summed E-state index contributed by atoms with van der Waals surface area (Å²) in [5.74, 6) is 0.628. The number of rotatable bonds is 15. The monoisotopic (exact) mass is 1040 g/mol. The lowest BCUT2D eigenvalue weighted by Gasteiger charge is -2.41. The fraction of sp³-hybridized carbons (Fsp3) is 0.528. The lowest BCUT2D eigenvalue weighted by Crippen LogP contribution is -2.60. The standard InChI is InChI=1S/C53H67ClN10O6S2/c1-28-31(4)72-52-45(28)46(34-13-15-36(54)16-14-34)58-41(49-61-60-32(5)64(49)52)24-43(66)57-37-21-40(22-37)70-39-17-19-62(20-18-39)26-44(67)59-48(53(6,7)8)51(69)63-25-38(65)23-42(63)50(68)56-29(2)33-9-11-35(12-10-33)47-30(3)55-27-71-47/h9-16,27,29,37-42,44,48,59,65,67H,17-26H2,1-8H3,(H,56,68)(H,57,66)/t29-,37-,38-,40-,41-,42+,44?,48+/m0/s1. The molecule has 1 saturated carbocycles. The number of aliphatic imine (C=N–C) groups is 1. The van der Waals surface area contributed by atoms with Crippen LogP contribution in [0.5, 0.6) is 0 Å². The van der Waals surface area contributed by atoms with Gasteiger partial charge in [-0.1, -0.05) is 68.8 Å². The van der Waals surface area contributed by atoms with Crippen LogP contribution in [0.4, 0.5) is 0 Å². The SMILES string of the molecule is Cc1ncsc1-c1ccc([C@H](C)NC(=O)[C@H]2C[C@H](O)CN2C(=O)[C@@H](NC(O)CN2CCC(O[C@H]3C[C@H](NC(=O)C[C@@H]4N=C(c5ccc(Cl)cc5)c5c(sc(C)c5C)-n5c(C)nnc54)C3)CC2)C(C)(C)C)cc1. The maximum absolute atomic E-state index is 14.3. The molecule has 0 radical (unpaired) electrons. The predicted molar refractivity (Wildman–Crippen MR) is 281 cm³/mol. The van der Waals surface area contributed by atoms with Gasteiger partial charge in [-0.25, -0.2) is 4.98 Å². The Hall–Kier alpha value is -4.92. The van der Waals surface area contributed by atoms with Crippen molar-refractivity contribution < 1.29 is 29.3 Å². The lowest BCUT2D eigenvalue weighted by molar-refractivity contribution is -0.143. The largest absolute Gasteiger partial charge is 0.391 e. The number of aryl methyl sites for hydroxylation is 3. The quantitative estimate of drug-likeness (QED) is 0.0683. The zero-order valence-corrected chi connectivity index (χ0v) is 44.7. The molecule has 72 heavy (non-hydrogen) atoms. The van der Waals surface area contributed by atoms with Gasteiger partial charge in [0.15, 0.2) is 5.82 Å². The Labute approximate surface area is 434 Å². The molecule has 3 aliphatic heterocycles. The average Bonchev–Trinajstić information content (AvgIpc) is 4.10. The minimum Gasteiger partial charge on any atom is -0.391 e. The zero-order chi connectivity index (χ0) is 51.2. The molecule has 0 bridgehead atoms. The molecule has 3 aromatic heterocycles. The van der Waals surface area contributed by atoms with Crippen molar-refractivity contribution in [3.8, 4) is 15.4 Å². The van der Waals surface area contributed by atoms with Gasteiger partial charge in [0.25, 0.3) is 0 Å². The highest BCUT2D eigenvalue weighted by Gasteiger charge is 2.45. The minimum absolute atomic E-state index is 0.00134. The maximum atomic E-state index is 14.3. The molecule has 384 valence electrons. The first-order valence-electron chi connectivity index (χ1n) is 25.1. The van der Waals surface area contributed by atoms with Crippen molar-refractivity contribution in [3.05, 3.63) is 104 Å². The topological polar surface area (TPSA) is 199 Å². The number of thiophene rings is 1. The van der Waals surface area contributed by atoms with E-state index < -0.39 is 35.9 Å². The molecule has 4 aliphatic rings. The van der Waals surface area contributed by atoms with Gasteiger partial charge < -0.3 is 30.5 Å². The fourth-order valence-electron chi connectivity index (χ4n) is 10.4. The molecule has 6 atom stereocenters. The third kappa shape index (κ3) is 11.3. The summed E-state index contributed by atoms with van der Waals surface area (Å²) in [6.07, 6.45) is 1.53. The number of carbonyl (C=O) groups is 3. The second-order valence-corrected chi connectivity index (χ2v) is 23.6. The Bertz CT molecular complexity index is 2790. The summed E-state index contributed by atoms with van der Waals surface area (Å²) in [6.45, 7) is 17.6. The van der Waals surface area contributed by atoms with Gasteiger partial charge in [-0.05, 0) is 94.5 Å². The molecule has 2 aromatic carbocycles. The second kappa shape index (κ2) is 21.5. The fourth-order valence-corrected chi connectivity index (χ4v) is 12.6. The molecule has 1 aliphatic carbocycles. The highest BCUT2D eigenvalue weighted by Crippen LogP contribution is 2.40. The van der Waals surface area contributed by atoms with E-state index in [1.165, 1.54) is 9.78 Å². The smallest absolute Gasteiger partial charge is 0.243 e. The van der Waals surface area contributed by atoms with Gasteiger partial charge in [0.05, 0.1) is 58.6 Å². The molecule has 3 fully saturated rings. The molecular formula is C53H67ClN10O6S2. The Kier molecular flexibility index (Phi) is 15.5. The number of hydrogen-bond acceptors (Lipinski definition) is 14. The van der Waals surface area contributed by atoms with E-state index in [4.69, 9.17) is 21.3 Å². The van der Waals surface area contributed by atoms with Crippen LogP contribution in [-0.2, 0) is 19.1 Å². The van der Waals surface area contributed by atoms with Crippen molar-refractivity contribution >= 4 is 57.7 Å². The normalized spacial score (nSPS) is 22.8. The second-order valence-electron chi connectivity index (χ2n) is 21.1. The number of β-amino-alcohol motifs (C(OH)–C–C–N with tert-alkyl or cyclic N) is 2. The van der Waals surface area contributed by atoms with E-state index in [2.05, 4.69) is 54.4 Å². The number of aromatic nitrogens is 4. The first-order chi connectivity index (χ1) is 34.3. The minimum atomic E-state index is -1.02. The summed E-state index contributed by atoms with van der Waals surface area (Å²) in [6, 6.07) is 13.1. The number of carbonyl (C=O) groups excluding carboxylic acids is 3. The van der Waals surface area contributed by atoms with Crippen LogP contribution in [0.1, 0.15) is 123 Å². The van der Waals surface area contributed by atoms with Gasteiger partial charge in [0, 0.05) is 59.7 Å². The van der Waals surface area contributed by atoms with Crippen molar-refractivity contribution in [1.82, 2.24) is 45.5 Å². The van der Waals surface area contributed by atoms with E-state index in [0.29, 0.717) is 30.5 Å². The molecule has 16 nitrogen and oxygen atoms in total. The number of nitrogens with one attached hydrogen (secondary N) is 3. The molecule has 5 aromatic rings. The number of aliphatic hydroxyl groups is 2. The predicted octanol–water partition coefficient (Wildman–Crippen LogP) is 6.91. The van der Waals surface area contributed by atoms with Crippen LogP contribution >= 0.6 is 34.3 Å². The number of hydrogen-bond donors (Lipinski definition) is 5. The van der Waals surface area contributed by atoms with Crippen molar-refractivity contribution in [1.29, 1.82) is 0 Å². The summed E-state index contributed by atoms with van der Waals surface area (Å²) in [5.41, 5.74) is 8.06. The molecule has 9 rings (SSSR count). The summed E-state index contributed by atoms with van der Waals surface area (Å²) in [7, 11) is 0. The van der Waals surface area contributed by atoms with Crippen LogP contribution in [0.2, 0.25) is 5.02 Å². The molecule has 1 unspecified atom stereocenters. The van der Waals surface area contributed by atoms with Crippen LogP contribution in [0.3, 0.4) is 0 Å². The lowest BCUT2D eigenvalue weighted by atomic mass is 9.85. The summed E-state index contributed by atoms with van der Waals surface area (Å²) >= 11 is 9.54. The van der Waals surface area contributed by atoms with Crippen LogP contribution in [0, 0.1) is 33.1 Å². The van der Waals surface area contributed by atoms with Crippen LogP contribution < -0.4 is 16.0 Å². The summed E-state index contributed by atoms with van der Waals surface area (Å²) in [4.78, 5) is 57.4. The summed E-state index contributed by atoms with van der Waals surface area (Å²) < 4.78 is 8.58. The molecule has 0 spiro atoms. The van der Waals surface area contributed by atoms with Gasteiger partial charge >= 0.3 is 0 Å². The molecule has 6 heterocycles. The van der Waals surface area contributed by atoms with Crippen molar-refractivity contribution in [2.24, 2.45) is 10.4 Å². The number of benzene rings is 2. The first-order valence-corrected chi connectivity index (χ1v) is 27.2. The van der Waals surface area contributed by atoms with Crippen LogP contribution in [-0.4, -0.2) is 132 Å². The van der Waals surface area contributed by atoms with Gasteiger partial charge in [-0.15, -0.1) is 32.9 Å². The van der Waals surface area contributed by atoms with E-state index in [0.717, 1.165) is 80.6 Å². The Morgan fingerprint density at radius 2 is 1.64 bits per heavy atom. The van der Waals surface area contributed by atoms with Crippen molar-refractivity contribution in [3.63, 3.8) is 0 Å². The molecule has 5 N–H and O–H groups in total. The number of halogens is 1. The molecule has 19 heteroatoms. The highest BCUT2D eigenvalue weighted by molar-refractivity contribution is 7.15. The van der Waals surface area contributed by atoms with E-state index in [9.17, 15) is 24.6 Å². The maximum Gasteiger partial charge on any atom is 0.243 e. The van der Waals surface area contributed by atoms with Crippen molar-refractivity contribution in [2.75, 3.05) is 26.2 Å². The van der Waals surface area contributed by atoms with Gasteiger partial charge in [0.2, 0.25) is 17.7 Å². The van der Waals surface area contributed by atoms with Crippen molar-refractivity contribution in [2.45, 2.75) is 149 Å². The zero-order valence-electron chi connectivity index (χ0n) is 42.3. The average molecular weight is 1040 g/mol. The first kappa shape index (κ1) is 52.0. The molecule has 3 amide bonds. The highest BCUT2D eigenvalue weighted by atomic mass is 35.5. The Morgan fingerprint density at radius 1 is 0.944 bits per heavy atom. The third-order valence-electron chi connectivity index (χ3n) is 14.7. The van der Waals surface area contributed by atoms with E-state index in [1.807, 2.05) is 95.6 Å². The number of amides is 3. The van der Waals surface area contributed by atoms with Gasteiger partial charge in [-0.2, -0.15) is 0 Å². The molecular weight excluding hydrogens is 972 g/mol. The number of thiazole rings is 1. The van der Waals surface area contributed by atoms with Gasteiger partial charge in [-0.3, -0.25) is 34.2 Å². The molecule has 2 saturated heterocycles. The van der Waals surface area contributed by atoms with Crippen LogP contribution in [0.25, 0.3) is 15.4 Å². The van der Waals surface area contributed by atoms with Gasteiger partial charge in [0.1, 0.15) is 29.1 Å². The number of fused-ring (bicyclic) bond motifs is 3. The third-order valence-corrected chi connectivity index (χ3v) is 17.1.